The Balaban J connectivity index is 3.56. The summed E-state index contributed by atoms with van der Waals surface area (Å²) < 4.78 is 0. The minimum Gasteiger partial charge on any atom is -0.338 e. The van der Waals surface area contributed by atoms with Crippen LogP contribution in [-0.2, 0) is 9.59 Å². The molecule has 0 aromatic heterocycles. The van der Waals surface area contributed by atoms with Crippen LogP contribution in [0.3, 0.4) is 0 Å². The molecule has 0 unspecified atom stereocenters. The molecule has 0 heterocycles. The highest BCUT2D eigenvalue weighted by atomic mass is 33.1. The number of carbonyl (C=O) groups excluding carboxylic acids is 4. The molecule has 0 aliphatic rings. The van der Waals surface area contributed by atoms with Crippen LogP contribution < -0.4 is 21.3 Å². The molecule has 0 aliphatic heterocycles. The fraction of sp³-hybridized carbons (Fsp3) is 0.778. The van der Waals surface area contributed by atoms with Crippen molar-refractivity contribution in [3.05, 3.63) is 0 Å². The van der Waals surface area contributed by atoms with E-state index in [1.54, 1.807) is 0 Å². The van der Waals surface area contributed by atoms with E-state index in [0.29, 0.717) is 25.3 Å². The van der Waals surface area contributed by atoms with Crippen LogP contribution in [0.2, 0.25) is 0 Å². The number of amides is 6. The molecule has 0 aromatic rings. The zero-order valence-electron chi connectivity index (χ0n) is 16.9. The Kier molecular flexibility index (Phi) is 18.0. The summed E-state index contributed by atoms with van der Waals surface area (Å²) in [6.07, 6.45) is 7.35. The number of hydrogen-bond donors (Lipinski definition) is 4. The molecular weight excluding hydrogens is 400 g/mol. The van der Waals surface area contributed by atoms with Crippen LogP contribution in [0.25, 0.3) is 0 Å². The molecule has 0 fully saturated rings. The van der Waals surface area contributed by atoms with E-state index in [1.165, 1.54) is 21.6 Å². The molecule has 0 bridgehead atoms. The maximum Gasteiger partial charge on any atom is 0.321 e. The van der Waals surface area contributed by atoms with Crippen LogP contribution in [-0.4, -0.2) is 48.5 Å². The largest absolute Gasteiger partial charge is 0.338 e. The van der Waals surface area contributed by atoms with Crippen LogP contribution in [0.1, 0.15) is 65.2 Å². The Labute approximate surface area is 175 Å². The van der Waals surface area contributed by atoms with Gasteiger partial charge in [0.05, 0.1) is 5.75 Å². The van der Waals surface area contributed by atoms with E-state index in [2.05, 4.69) is 35.1 Å². The highest BCUT2D eigenvalue weighted by molar-refractivity contribution is 8.76. The van der Waals surface area contributed by atoms with Crippen LogP contribution in [0, 0.1) is 0 Å². The molecule has 0 radical (unpaired) electrons. The number of urea groups is 2. The lowest BCUT2D eigenvalue weighted by Gasteiger charge is -2.07. The van der Waals surface area contributed by atoms with Gasteiger partial charge in [-0.25, -0.2) is 9.59 Å². The second kappa shape index (κ2) is 18.9. The second-order valence-corrected chi connectivity index (χ2v) is 8.79. The van der Waals surface area contributed by atoms with Gasteiger partial charge in [0.2, 0.25) is 11.8 Å². The number of carbonyl (C=O) groups is 4. The van der Waals surface area contributed by atoms with Crippen molar-refractivity contribution < 1.29 is 19.2 Å². The first-order valence-corrected chi connectivity index (χ1v) is 12.4. The molecule has 6 amide bonds. The summed E-state index contributed by atoms with van der Waals surface area (Å²) in [6.45, 7) is 5.12. The fourth-order valence-corrected chi connectivity index (χ4v) is 3.83. The molecule has 0 spiro atoms. The summed E-state index contributed by atoms with van der Waals surface area (Å²) in [5.41, 5.74) is 0. The summed E-state index contributed by atoms with van der Waals surface area (Å²) >= 11 is 0. The molecule has 8 nitrogen and oxygen atoms in total. The van der Waals surface area contributed by atoms with E-state index in [1.807, 2.05) is 0 Å². The number of nitrogens with one attached hydrogen (secondary N) is 4. The SMILES string of the molecule is CCCCCCC(=O)NC(=O)NCCSSCC(=O)NC(=O)NCCCCC. The molecule has 162 valence electrons. The van der Waals surface area contributed by atoms with Gasteiger partial charge in [-0.2, -0.15) is 0 Å². The van der Waals surface area contributed by atoms with E-state index in [0.717, 1.165) is 44.9 Å². The maximum atomic E-state index is 11.6. The minimum absolute atomic E-state index is 0.148. The Morgan fingerprint density at radius 1 is 0.679 bits per heavy atom. The third-order valence-electron chi connectivity index (χ3n) is 3.57. The predicted octanol–water partition coefficient (Wildman–Crippen LogP) is 3.18. The third-order valence-corrected chi connectivity index (χ3v) is 5.84. The van der Waals surface area contributed by atoms with E-state index in [4.69, 9.17) is 0 Å². The van der Waals surface area contributed by atoms with Gasteiger partial charge in [0.25, 0.3) is 0 Å². The van der Waals surface area contributed by atoms with E-state index >= 15 is 0 Å². The second-order valence-electron chi connectivity index (χ2n) is 6.21. The van der Waals surface area contributed by atoms with E-state index in [9.17, 15) is 19.2 Å². The van der Waals surface area contributed by atoms with Gasteiger partial charge in [-0.3, -0.25) is 20.2 Å². The van der Waals surface area contributed by atoms with Gasteiger partial charge in [-0.15, -0.1) is 0 Å². The Morgan fingerprint density at radius 3 is 1.96 bits per heavy atom. The summed E-state index contributed by atoms with van der Waals surface area (Å²) in [4.78, 5) is 46.2. The molecule has 0 aliphatic carbocycles. The standard InChI is InChI=1S/C18H34N4O4S2/c1-3-5-7-8-10-15(23)21-18(26)20-12-13-27-28-14-16(24)22-17(25)19-11-9-6-4-2/h3-14H2,1-2H3,(H2,19,22,24,25)(H2,20,21,23,26). The number of rotatable bonds is 15. The van der Waals surface area contributed by atoms with Gasteiger partial charge < -0.3 is 10.6 Å². The Morgan fingerprint density at radius 2 is 1.29 bits per heavy atom. The normalized spacial score (nSPS) is 10.2. The molecule has 0 aromatic carbocycles. The van der Waals surface area contributed by atoms with Gasteiger partial charge in [-0.05, 0) is 12.8 Å². The highest BCUT2D eigenvalue weighted by Crippen LogP contribution is 2.19. The lowest BCUT2D eigenvalue weighted by Crippen LogP contribution is -2.40. The average Bonchev–Trinajstić information content (AvgIpc) is 2.65. The van der Waals surface area contributed by atoms with Crippen LogP contribution in [0.4, 0.5) is 9.59 Å². The molecule has 28 heavy (non-hydrogen) atoms. The van der Waals surface area contributed by atoms with Gasteiger partial charge in [0.1, 0.15) is 0 Å². The first-order valence-electron chi connectivity index (χ1n) is 9.89. The summed E-state index contributed by atoms with van der Waals surface area (Å²) in [6, 6.07) is -0.965. The molecule has 4 N–H and O–H groups in total. The summed E-state index contributed by atoms with van der Waals surface area (Å²) in [7, 11) is 2.71. The lowest BCUT2D eigenvalue weighted by atomic mass is 10.1. The number of unbranched alkanes of at least 4 members (excludes halogenated alkanes) is 5. The van der Waals surface area contributed by atoms with Crippen LogP contribution in [0.5, 0.6) is 0 Å². The monoisotopic (exact) mass is 434 g/mol. The average molecular weight is 435 g/mol. The Bertz CT molecular complexity index is 437. The van der Waals surface area contributed by atoms with Crippen molar-refractivity contribution in [2.75, 3.05) is 24.6 Å². The van der Waals surface area contributed by atoms with Crippen molar-refractivity contribution >= 4 is 45.5 Å². The van der Waals surface area contributed by atoms with Crippen molar-refractivity contribution in [3.63, 3.8) is 0 Å². The van der Waals surface area contributed by atoms with Crippen molar-refractivity contribution in [1.29, 1.82) is 0 Å². The Hall–Kier alpha value is -1.42. The number of hydrogen-bond acceptors (Lipinski definition) is 6. The molecule has 10 heteroatoms. The first-order chi connectivity index (χ1) is 13.5. The molecular formula is C18H34N4O4S2. The third kappa shape index (κ3) is 18.0. The maximum absolute atomic E-state index is 11.6. The smallest absolute Gasteiger partial charge is 0.321 e. The minimum atomic E-state index is -0.497. The topological polar surface area (TPSA) is 116 Å². The summed E-state index contributed by atoms with van der Waals surface area (Å²) in [5.74, 6) is 0.111. The van der Waals surface area contributed by atoms with Gasteiger partial charge >= 0.3 is 12.1 Å². The molecule has 0 atom stereocenters. The van der Waals surface area contributed by atoms with Crippen molar-refractivity contribution in [2.24, 2.45) is 0 Å². The van der Waals surface area contributed by atoms with Gasteiger partial charge in [0, 0.05) is 25.3 Å². The van der Waals surface area contributed by atoms with Crippen molar-refractivity contribution in [3.8, 4) is 0 Å². The quantitative estimate of drug-likeness (QED) is 0.232. The number of imide groups is 2. The molecule has 0 saturated carbocycles. The van der Waals surface area contributed by atoms with Crippen LogP contribution >= 0.6 is 21.6 Å². The first kappa shape index (κ1) is 26.6. The van der Waals surface area contributed by atoms with E-state index in [-0.39, 0.29) is 17.6 Å². The van der Waals surface area contributed by atoms with Gasteiger partial charge in [0.15, 0.2) is 0 Å². The lowest BCUT2D eigenvalue weighted by molar-refractivity contribution is -0.120. The summed E-state index contributed by atoms with van der Waals surface area (Å²) in [5, 5.41) is 9.81. The fourth-order valence-electron chi connectivity index (χ4n) is 2.09. The highest BCUT2D eigenvalue weighted by Gasteiger charge is 2.08. The molecule has 0 saturated heterocycles. The molecule has 0 rings (SSSR count). The van der Waals surface area contributed by atoms with Gasteiger partial charge in [-0.1, -0.05) is 67.5 Å². The predicted molar refractivity (Wildman–Crippen MR) is 116 cm³/mol. The van der Waals surface area contributed by atoms with E-state index < -0.39 is 12.1 Å². The van der Waals surface area contributed by atoms with Crippen molar-refractivity contribution in [2.45, 2.75) is 65.2 Å². The van der Waals surface area contributed by atoms with Crippen molar-refractivity contribution in [1.82, 2.24) is 21.3 Å². The zero-order chi connectivity index (χ0) is 21.0. The van der Waals surface area contributed by atoms with Crippen LogP contribution in [0.15, 0.2) is 0 Å². The zero-order valence-corrected chi connectivity index (χ0v) is 18.6.